The Labute approximate surface area is 83.5 Å². The molecule has 0 saturated carbocycles. The summed E-state index contributed by atoms with van der Waals surface area (Å²) in [5.74, 6) is 0.258. The molecule has 0 aliphatic carbocycles. The van der Waals surface area contributed by atoms with Crippen molar-refractivity contribution >= 4 is 17.5 Å². The minimum atomic E-state index is -0.149. The van der Waals surface area contributed by atoms with Gasteiger partial charge >= 0.3 is 0 Å². The molecule has 0 aromatic carbocycles. The van der Waals surface area contributed by atoms with Gasteiger partial charge in [0.25, 0.3) is 0 Å². The number of rotatable bonds is 7. The monoisotopic (exact) mass is 209 g/mol. The van der Waals surface area contributed by atoms with E-state index in [1.807, 2.05) is 6.92 Å². The summed E-state index contributed by atoms with van der Waals surface area (Å²) in [6, 6.07) is -0.0137. The fourth-order valence-electron chi connectivity index (χ4n) is 0.662. The molecule has 1 N–H and O–H groups in total. The first-order valence-corrected chi connectivity index (χ1v) is 4.66. The van der Waals surface area contributed by atoms with Crippen LogP contribution in [0.1, 0.15) is 6.92 Å². The normalized spacial score (nSPS) is 12.5. The van der Waals surface area contributed by atoms with Crippen molar-refractivity contribution in [2.75, 3.05) is 32.8 Å². The number of alkyl halides is 1. The van der Waals surface area contributed by atoms with Gasteiger partial charge in [-0.05, 0) is 6.92 Å². The number of nitrogens with one attached hydrogen (secondary N) is 1. The average molecular weight is 210 g/mol. The summed E-state index contributed by atoms with van der Waals surface area (Å²) in [6.07, 6.45) is 0. The fraction of sp³-hybridized carbons (Fsp3) is 0.875. The van der Waals surface area contributed by atoms with Crippen molar-refractivity contribution in [3.63, 3.8) is 0 Å². The number of hydrogen-bond acceptors (Lipinski definition) is 3. The summed E-state index contributed by atoms with van der Waals surface area (Å²) < 4.78 is 9.75. The molecule has 0 rings (SSSR count). The molecule has 78 valence electrons. The lowest BCUT2D eigenvalue weighted by molar-refractivity contribution is -0.126. The van der Waals surface area contributed by atoms with Crippen LogP contribution in [0.25, 0.3) is 0 Å². The van der Waals surface area contributed by atoms with Gasteiger partial charge in [0.2, 0.25) is 5.91 Å². The second kappa shape index (κ2) is 8.29. The Morgan fingerprint density at radius 2 is 2.23 bits per heavy atom. The van der Waals surface area contributed by atoms with Crippen molar-refractivity contribution in [3.05, 3.63) is 0 Å². The van der Waals surface area contributed by atoms with Gasteiger partial charge < -0.3 is 14.8 Å². The first-order valence-electron chi connectivity index (χ1n) is 4.12. The zero-order valence-corrected chi connectivity index (χ0v) is 8.76. The molecule has 0 saturated heterocycles. The minimum Gasteiger partial charge on any atom is -0.382 e. The molecule has 4 nitrogen and oxygen atoms in total. The van der Waals surface area contributed by atoms with Gasteiger partial charge in [0.1, 0.15) is 6.61 Å². The van der Waals surface area contributed by atoms with Crippen molar-refractivity contribution in [2.24, 2.45) is 0 Å². The van der Waals surface area contributed by atoms with Crippen LogP contribution in [-0.2, 0) is 14.3 Å². The van der Waals surface area contributed by atoms with E-state index in [0.29, 0.717) is 19.1 Å². The van der Waals surface area contributed by atoms with Crippen LogP contribution in [0.2, 0.25) is 0 Å². The zero-order valence-electron chi connectivity index (χ0n) is 8.01. The average Bonchev–Trinajstić information content (AvgIpc) is 2.12. The van der Waals surface area contributed by atoms with Gasteiger partial charge in [0.05, 0.1) is 13.2 Å². The molecule has 0 aliphatic rings. The minimum absolute atomic E-state index is 0.0137. The van der Waals surface area contributed by atoms with Crippen LogP contribution in [0.4, 0.5) is 0 Å². The van der Waals surface area contributed by atoms with Crippen LogP contribution in [0, 0.1) is 0 Å². The van der Waals surface area contributed by atoms with Crippen molar-refractivity contribution < 1.29 is 14.3 Å². The Hall–Kier alpha value is -0.320. The number of carbonyl (C=O) groups is 1. The Bertz CT molecular complexity index is 143. The van der Waals surface area contributed by atoms with Gasteiger partial charge in [-0.1, -0.05) is 0 Å². The van der Waals surface area contributed by atoms with E-state index >= 15 is 0 Å². The van der Waals surface area contributed by atoms with Crippen molar-refractivity contribution in [1.29, 1.82) is 0 Å². The van der Waals surface area contributed by atoms with Gasteiger partial charge in [-0.25, -0.2) is 0 Å². The standard InChI is InChI=1S/C8H16ClNO3/c1-7(5-9)10-8(11)6-13-4-3-12-2/h7H,3-6H2,1-2H3,(H,10,11). The van der Waals surface area contributed by atoms with E-state index in [1.165, 1.54) is 0 Å². The molecule has 0 radical (unpaired) electrons. The molecular weight excluding hydrogens is 194 g/mol. The third-order valence-corrected chi connectivity index (χ3v) is 1.77. The summed E-state index contributed by atoms with van der Waals surface area (Å²) in [5.41, 5.74) is 0. The summed E-state index contributed by atoms with van der Waals surface area (Å²) in [4.78, 5) is 11.0. The second-order valence-corrected chi connectivity index (χ2v) is 2.98. The van der Waals surface area contributed by atoms with E-state index in [1.54, 1.807) is 7.11 Å². The van der Waals surface area contributed by atoms with Crippen molar-refractivity contribution in [2.45, 2.75) is 13.0 Å². The molecule has 0 aromatic heterocycles. The second-order valence-electron chi connectivity index (χ2n) is 2.67. The van der Waals surface area contributed by atoms with E-state index < -0.39 is 0 Å². The summed E-state index contributed by atoms with van der Waals surface area (Å²) >= 11 is 5.50. The van der Waals surface area contributed by atoms with Crippen molar-refractivity contribution in [1.82, 2.24) is 5.32 Å². The smallest absolute Gasteiger partial charge is 0.246 e. The molecular formula is C8H16ClNO3. The predicted octanol–water partition coefficient (Wildman–Crippen LogP) is 0.393. The molecule has 1 atom stereocenters. The fourth-order valence-corrected chi connectivity index (χ4v) is 0.739. The van der Waals surface area contributed by atoms with Crippen LogP contribution in [-0.4, -0.2) is 44.8 Å². The number of hydrogen-bond donors (Lipinski definition) is 1. The molecule has 0 bridgehead atoms. The first kappa shape index (κ1) is 12.7. The predicted molar refractivity (Wildman–Crippen MR) is 51.0 cm³/mol. The third-order valence-electron chi connectivity index (χ3n) is 1.30. The van der Waals surface area contributed by atoms with Gasteiger partial charge in [-0.3, -0.25) is 4.79 Å². The number of carbonyl (C=O) groups excluding carboxylic acids is 1. The summed E-state index contributed by atoms with van der Waals surface area (Å²) in [7, 11) is 1.58. The molecule has 0 heterocycles. The first-order chi connectivity index (χ1) is 6.20. The Kier molecular flexibility index (Phi) is 8.08. The summed E-state index contributed by atoms with van der Waals surface area (Å²) in [6.45, 7) is 2.82. The van der Waals surface area contributed by atoms with Gasteiger partial charge in [-0.15, -0.1) is 11.6 Å². The number of methoxy groups -OCH3 is 1. The maximum absolute atomic E-state index is 11.0. The van der Waals surface area contributed by atoms with E-state index in [2.05, 4.69) is 5.32 Å². The van der Waals surface area contributed by atoms with Gasteiger partial charge in [0, 0.05) is 19.0 Å². The highest BCUT2D eigenvalue weighted by Crippen LogP contribution is 1.86. The topological polar surface area (TPSA) is 47.6 Å². The molecule has 1 amide bonds. The highest BCUT2D eigenvalue weighted by atomic mass is 35.5. The maximum Gasteiger partial charge on any atom is 0.246 e. The zero-order chi connectivity index (χ0) is 10.1. The van der Waals surface area contributed by atoms with E-state index in [0.717, 1.165) is 0 Å². The highest BCUT2D eigenvalue weighted by Gasteiger charge is 2.05. The summed E-state index contributed by atoms with van der Waals surface area (Å²) in [5, 5.41) is 2.67. The Balaban J connectivity index is 3.30. The number of halogens is 1. The molecule has 0 aromatic rings. The lowest BCUT2D eigenvalue weighted by Gasteiger charge is -2.10. The SMILES string of the molecule is COCCOCC(=O)NC(C)CCl. The maximum atomic E-state index is 11.0. The largest absolute Gasteiger partial charge is 0.382 e. The van der Waals surface area contributed by atoms with Crippen LogP contribution in [0.5, 0.6) is 0 Å². The molecule has 1 unspecified atom stereocenters. The van der Waals surface area contributed by atoms with E-state index in [-0.39, 0.29) is 18.6 Å². The van der Waals surface area contributed by atoms with Crippen LogP contribution >= 0.6 is 11.6 Å². The Morgan fingerprint density at radius 3 is 2.77 bits per heavy atom. The third kappa shape index (κ3) is 8.02. The van der Waals surface area contributed by atoms with Crippen LogP contribution < -0.4 is 5.32 Å². The van der Waals surface area contributed by atoms with Crippen LogP contribution in [0.3, 0.4) is 0 Å². The van der Waals surface area contributed by atoms with Crippen LogP contribution in [0.15, 0.2) is 0 Å². The molecule has 0 fully saturated rings. The molecule has 13 heavy (non-hydrogen) atoms. The highest BCUT2D eigenvalue weighted by molar-refractivity contribution is 6.18. The quantitative estimate of drug-likeness (QED) is 0.488. The van der Waals surface area contributed by atoms with E-state index in [9.17, 15) is 4.79 Å². The Morgan fingerprint density at radius 1 is 1.54 bits per heavy atom. The lowest BCUT2D eigenvalue weighted by atomic mass is 10.4. The van der Waals surface area contributed by atoms with Gasteiger partial charge in [0.15, 0.2) is 0 Å². The number of amides is 1. The lowest BCUT2D eigenvalue weighted by Crippen LogP contribution is -2.36. The van der Waals surface area contributed by atoms with E-state index in [4.69, 9.17) is 21.1 Å². The molecule has 5 heteroatoms. The number of ether oxygens (including phenoxy) is 2. The molecule has 0 spiro atoms. The van der Waals surface area contributed by atoms with Crippen molar-refractivity contribution in [3.8, 4) is 0 Å². The van der Waals surface area contributed by atoms with Gasteiger partial charge in [-0.2, -0.15) is 0 Å². The molecule has 0 aliphatic heterocycles.